The van der Waals surface area contributed by atoms with Crippen LogP contribution in [0.25, 0.3) is 10.9 Å². The van der Waals surface area contributed by atoms with E-state index in [0.29, 0.717) is 6.07 Å². The first-order valence-electron chi connectivity index (χ1n) is 9.32. The van der Waals surface area contributed by atoms with Gasteiger partial charge in [0.25, 0.3) is 5.56 Å². The minimum atomic E-state index is -4.68. The van der Waals surface area contributed by atoms with E-state index in [9.17, 15) is 34.8 Å². The van der Waals surface area contributed by atoms with E-state index in [0.717, 1.165) is 55.2 Å². The van der Waals surface area contributed by atoms with Crippen LogP contribution < -0.4 is 11.0 Å². The molecular formula is C19H16Cl2F3N3O5S2. The summed E-state index contributed by atoms with van der Waals surface area (Å²) in [4.78, 5) is 15.4. The number of rotatable bonds is 6. The molecule has 0 radical (unpaired) electrons. The third-order valence-corrected chi connectivity index (χ3v) is 9.91. The molecule has 2 atom stereocenters. The molecule has 15 heteroatoms. The maximum Gasteiger partial charge on any atom is 0.416 e. The molecule has 34 heavy (non-hydrogen) atoms. The molecule has 1 heterocycles. The van der Waals surface area contributed by atoms with Crippen molar-refractivity contribution in [1.82, 2.24) is 9.66 Å². The fourth-order valence-electron chi connectivity index (χ4n) is 2.90. The molecular weight excluding hydrogens is 542 g/mol. The number of hydrogen-bond acceptors (Lipinski definition) is 7. The van der Waals surface area contributed by atoms with Crippen LogP contribution in [0.15, 0.2) is 57.3 Å². The van der Waals surface area contributed by atoms with Crippen LogP contribution in [0.4, 0.5) is 18.9 Å². The molecule has 0 saturated heterocycles. The number of sulfone groups is 2. The number of alkyl halides is 5. The Balaban J connectivity index is 2.17. The molecule has 2 unspecified atom stereocenters. The van der Waals surface area contributed by atoms with Gasteiger partial charge in [0.1, 0.15) is 15.7 Å². The summed E-state index contributed by atoms with van der Waals surface area (Å²) in [6, 6.07) is 5.54. The molecule has 2 aromatic carbocycles. The largest absolute Gasteiger partial charge is 0.416 e. The van der Waals surface area contributed by atoms with E-state index < -0.39 is 56.2 Å². The summed E-state index contributed by atoms with van der Waals surface area (Å²) in [7, 11) is -8.60. The van der Waals surface area contributed by atoms with Crippen LogP contribution in [-0.4, -0.2) is 35.9 Å². The molecule has 1 N–H and O–H groups in total. The highest BCUT2D eigenvalue weighted by Crippen LogP contribution is 2.32. The molecule has 1 aromatic heterocycles. The van der Waals surface area contributed by atoms with Crippen LogP contribution in [0.2, 0.25) is 0 Å². The molecule has 3 rings (SSSR count). The maximum absolute atomic E-state index is 13.0. The van der Waals surface area contributed by atoms with Gasteiger partial charge in [-0.3, -0.25) is 10.2 Å². The number of nitrogens with zero attached hydrogens (tertiary/aromatic N) is 2. The molecule has 0 fully saturated rings. The first-order chi connectivity index (χ1) is 15.6. The SMILES string of the molecule is CC(Cl)S(=O)(=O)c1ccc(Nn2cnc3ccc(C(F)(F)F)cc3c2=O)cc1S(=O)(=O)C(C)Cl. The van der Waals surface area contributed by atoms with Crippen LogP contribution in [0.3, 0.4) is 0 Å². The van der Waals surface area contributed by atoms with Crippen molar-refractivity contribution in [3.63, 3.8) is 0 Å². The van der Waals surface area contributed by atoms with Gasteiger partial charge in [0.2, 0.25) is 0 Å². The van der Waals surface area contributed by atoms with E-state index in [-0.39, 0.29) is 16.6 Å². The molecule has 0 amide bonds. The molecule has 8 nitrogen and oxygen atoms in total. The van der Waals surface area contributed by atoms with Crippen molar-refractivity contribution in [2.24, 2.45) is 0 Å². The zero-order valence-corrected chi connectivity index (χ0v) is 20.5. The van der Waals surface area contributed by atoms with Crippen LogP contribution in [0, 0.1) is 0 Å². The van der Waals surface area contributed by atoms with Gasteiger partial charge in [-0.2, -0.15) is 13.2 Å². The second kappa shape index (κ2) is 9.02. The Kier molecular flexibility index (Phi) is 6.97. The third-order valence-electron chi connectivity index (χ3n) is 4.75. The van der Waals surface area contributed by atoms with Crippen molar-refractivity contribution in [1.29, 1.82) is 0 Å². The zero-order chi connectivity index (χ0) is 25.6. The first kappa shape index (κ1) is 26.3. The second-order valence-electron chi connectivity index (χ2n) is 7.10. The van der Waals surface area contributed by atoms with E-state index in [4.69, 9.17) is 23.2 Å². The van der Waals surface area contributed by atoms with Crippen molar-refractivity contribution in [3.8, 4) is 0 Å². The number of nitrogens with one attached hydrogen (secondary N) is 1. The van der Waals surface area contributed by atoms with Crippen molar-refractivity contribution in [2.75, 3.05) is 5.43 Å². The molecule has 0 saturated carbocycles. The van der Waals surface area contributed by atoms with Crippen LogP contribution in [0.1, 0.15) is 19.4 Å². The fraction of sp³-hybridized carbons (Fsp3) is 0.263. The predicted molar refractivity (Wildman–Crippen MR) is 121 cm³/mol. The van der Waals surface area contributed by atoms with E-state index in [1.54, 1.807) is 0 Å². The van der Waals surface area contributed by atoms with Crippen LogP contribution in [0.5, 0.6) is 0 Å². The highest BCUT2D eigenvalue weighted by atomic mass is 35.5. The molecule has 184 valence electrons. The maximum atomic E-state index is 13.0. The number of hydrogen-bond donors (Lipinski definition) is 1. The standard InChI is InChI=1S/C19H16Cl2F3N3O5S2/c1-10(20)33(29,30)16-6-4-13(8-17(16)34(31,32)11(2)21)26-27-9-25-15-5-3-12(19(22,23)24)7-14(15)18(27)28/h3-11,26H,1-2H3. The van der Waals surface area contributed by atoms with Crippen molar-refractivity contribution < 1.29 is 30.0 Å². The predicted octanol–water partition coefficient (Wildman–Crippen LogP) is 4.01. The van der Waals surface area contributed by atoms with Gasteiger partial charge >= 0.3 is 6.18 Å². The first-order valence-corrected chi connectivity index (χ1v) is 13.3. The lowest BCUT2D eigenvalue weighted by molar-refractivity contribution is -0.137. The lowest BCUT2D eigenvalue weighted by atomic mass is 10.1. The van der Waals surface area contributed by atoms with Crippen molar-refractivity contribution in [2.45, 2.75) is 39.2 Å². The zero-order valence-electron chi connectivity index (χ0n) is 17.3. The van der Waals surface area contributed by atoms with Gasteiger partial charge in [0, 0.05) is 0 Å². The molecule has 0 aliphatic carbocycles. The van der Waals surface area contributed by atoms with Gasteiger partial charge < -0.3 is 0 Å². The summed E-state index contributed by atoms with van der Waals surface area (Å²) in [5, 5.41) is -0.345. The molecule has 0 aliphatic heterocycles. The monoisotopic (exact) mass is 557 g/mol. The quantitative estimate of drug-likeness (QED) is 0.455. The average Bonchev–Trinajstić information content (AvgIpc) is 2.74. The summed E-state index contributed by atoms with van der Waals surface area (Å²) >= 11 is 11.5. The lowest BCUT2D eigenvalue weighted by Crippen LogP contribution is -2.27. The normalized spacial score (nSPS) is 14.7. The number of anilines is 1. The Labute approximate surface area is 202 Å². The topological polar surface area (TPSA) is 115 Å². The molecule has 0 bridgehead atoms. The van der Waals surface area contributed by atoms with Gasteiger partial charge in [0.05, 0.1) is 31.9 Å². The molecule has 0 aliphatic rings. The minimum Gasteiger partial charge on any atom is -0.290 e. The van der Waals surface area contributed by atoms with Gasteiger partial charge in [0.15, 0.2) is 19.7 Å². The van der Waals surface area contributed by atoms with Crippen LogP contribution in [-0.2, 0) is 25.9 Å². The Morgan fingerprint density at radius 2 is 1.53 bits per heavy atom. The number of aromatic nitrogens is 2. The average molecular weight is 558 g/mol. The Morgan fingerprint density at radius 3 is 2.09 bits per heavy atom. The summed E-state index contributed by atoms with van der Waals surface area (Å²) in [5.74, 6) is 0. The second-order valence-corrected chi connectivity index (χ2v) is 13.4. The number of fused-ring (bicyclic) bond motifs is 1. The van der Waals surface area contributed by atoms with E-state index in [2.05, 4.69) is 10.4 Å². The van der Waals surface area contributed by atoms with Crippen molar-refractivity contribution >= 4 is 59.5 Å². The van der Waals surface area contributed by atoms with Crippen LogP contribution >= 0.6 is 23.2 Å². The lowest BCUT2D eigenvalue weighted by Gasteiger charge is -2.16. The number of halogens is 5. The smallest absolute Gasteiger partial charge is 0.290 e. The summed E-state index contributed by atoms with van der Waals surface area (Å²) in [6.07, 6.45) is -3.70. The fourth-order valence-corrected chi connectivity index (χ4v) is 6.11. The van der Waals surface area contributed by atoms with Crippen molar-refractivity contribution in [3.05, 3.63) is 58.6 Å². The summed E-state index contributed by atoms with van der Waals surface area (Å²) in [5.41, 5.74) is 0.482. The van der Waals surface area contributed by atoms with Gasteiger partial charge in [-0.1, -0.05) is 0 Å². The minimum absolute atomic E-state index is 0.00724. The van der Waals surface area contributed by atoms with Gasteiger partial charge in [-0.25, -0.2) is 26.5 Å². The Bertz CT molecular complexity index is 1540. The highest BCUT2D eigenvalue weighted by Gasteiger charge is 2.33. The molecule has 0 spiro atoms. The summed E-state index contributed by atoms with van der Waals surface area (Å²) in [6.45, 7) is 2.28. The molecule has 3 aromatic rings. The van der Waals surface area contributed by atoms with Gasteiger partial charge in [-0.05, 0) is 50.2 Å². The Morgan fingerprint density at radius 1 is 0.941 bits per heavy atom. The third kappa shape index (κ3) is 4.88. The van der Waals surface area contributed by atoms with E-state index in [1.165, 1.54) is 0 Å². The van der Waals surface area contributed by atoms with E-state index >= 15 is 0 Å². The highest BCUT2D eigenvalue weighted by molar-refractivity contribution is 7.96. The van der Waals surface area contributed by atoms with E-state index in [1.807, 2.05) is 0 Å². The Hall–Kier alpha value is -2.35. The number of benzene rings is 2. The summed E-state index contributed by atoms with van der Waals surface area (Å²) < 4.78 is 87.5. The van der Waals surface area contributed by atoms with Gasteiger partial charge in [-0.15, -0.1) is 23.2 Å².